The van der Waals surface area contributed by atoms with E-state index < -0.39 is 0 Å². The highest BCUT2D eigenvalue weighted by molar-refractivity contribution is 5.14. The van der Waals surface area contributed by atoms with Crippen LogP contribution in [0.25, 0.3) is 0 Å². The second kappa shape index (κ2) is 6.56. The van der Waals surface area contributed by atoms with E-state index in [1.807, 2.05) is 6.92 Å². The minimum Gasteiger partial charge on any atom is -0.396 e. The van der Waals surface area contributed by atoms with E-state index >= 15 is 0 Å². The normalized spacial score (nSPS) is 12.9. The Bertz CT molecular complexity index is 123. The molecule has 0 aliphatic heterocycles. The molecule has 0 fully saturated rings. The lowest BCUT2D eigenvalue weighted by atomic mass is 10.2. The fourth-order valence-corrected chi connectivity index (χ4v) is 0.575. The van der Waals surface area contributed by atoms with Crippen LogP contribution in [0.1, 0.15) is 26.7 Å². The summed E-state index contributed by atoms with van der Waals surface area (Å²) in [7, 11) is 0. The Labute approximate surface area is 63.1 Å². The zero-order valence-electron chi connectivity index (χ0n) is 6.80. The molecule has 1 heteroatoms. The fourth-order valence-electron chi connectivity index (χ4n) is 0.575. The van der Waals surface area contributed by atoms with Crippen LogP contribution in [0.2, 0.25) is 0 Å². The van der Waals surface area contributed by atoms with Gasteiger partial charge < -0.3 is 5.11 Å². The largest absolute Gasteiger partial charge is 0.396 e. The third-order valence-corrected chi connectivity index (χ3v) is 1.36. The first-order chi connectivity index (χ1) is 4.81. The molecule has 0 saturated heterocycles. The average molecular weight is 140 g/mol. The molecule has 0 aromatic carbocycles. The van der Waals surface area contributed by atoms with E-state index in [1.165, 1.54) is 5.57 Å². The molecule has 0 heterocycles. The Kier molecular flexibility index (Phi) is 6.19. The molecule has 0 rings (SSSR count). The lowest BCUT2D eigenvalue weighted by molar-refractivity contribution is 0.289. The van der Waals surface area contributed by atoms with Crippen molar-refractivity contribution in [2.75, 3.05) is 6.61 Å². The maximum Gasteiger partial charge on any atom is 0.0433 e. The van der Waals surface area contributed by atoms with Crippen LogP contribution in [0.15, 0.2) is 23.8 Å². The van der Waals surface area contributed by atoms with Gasteiger partial charge in [-0.05, 0) is 26.7 Å². The molecule has 0 atom stereocenters. The molecule has 0 radical (unpaired) electrons. The Morgan fingerprint density at radius 1 is 1.50 bits per heavy atom. The number of unbranched alkanes of at least 4 members (excludes halogenated alkanes) is 1. The van der Waals surface area contributed by atoms with Crippen LogP contribution in [0.5, 0.6) is 0 Å². The van der Waals surface area contributed by atoms with Crippen molar-refractivity contribution >= 4 is 0 Å². The van der Waals surface area contributed by atoms with Crippen molar-refractivity contribution in [1.29, 1.82) is 0 Å². The minimum atomic E-state index is 0.291. The fraction of sp³-hybridized carbons (Fsp3) is 0.556. The Morgan fingerprint density at radius 3 is 2.70 bits per heavy atom. The molecule has 0 unspecified atom stereocenters. The minimum absolute atomic E-state index is 0.291. The molecule has 10 heavy (non-hydrogen) atoms. The summed E-state index contributed by atoms with van der Waals surface area (Å²) in [4.78, 5) is 0. The van der Waals surface area contributed by atoms with Gasteiger partial charge in [-0.1, -0.05) is 23.8 Å². The van der Waals surface area contributed by atoms with E-state index in [0.717, 1.165) is 12.8 Å². The smallest absolute Gasteiger partial charge is 0.0433 e. The Morgan fingerprint density at radius 2 is 2.20 bits per heavy atom. The number of aliphatic hydroxyl groups excluding tert-OH is 1. The molecular formula is C9H16O. The highest BCUT2D eigenvalue weighted by Crippen LogP contribution is 1.96. The molecule has 1 N–H and O–H groups in total. The molecule has 0 saturated carbocycles. The Hall–Kier alpha value is -0.560. The first kappa shape index (κ1) is 9.44. The maximum atomic E-state index is 8.44. The third kappa shape index (κ3) is 5.57. The summed E-state index contributed by atoms with van der Waals surface area (Å²) in [6.45, 7) is 4.38. The first-order valence-electron chi connectivity index (χ1n) is 3.71. The number of aliphatic hydroxyl groups is 1. The van der Waals surface area contributed by atoms with Gasteiger partial charge in [0.1, 0.15) is 0 Å². The molecule has 0 aromatic rings. The molecular weight excluding hydrogens is 124 g/mol. The lowest BCUT2D eigenvalue weighted by Crippen LogP contribution is -1.78. The standard InChI is InChI=1S/C9H16O/c1-3-9(2)7-5-4-6-8-10/h3,5,7,10H,4,6,8H2,1-2H3/b7-5-,9-3-. The highest BCUT2D eigenvalue weighted by atomic mass is 16.2. The second-order valence-electron chi connectivity index (χ2n) is 2.30. The van der Waals surface area contributed by atoms with Crippen LogP contribution >= 0.6 is 0 Å². The van der Waals surface area contributed by atoms with E-state index in [2.05, 4.69) is 25.2 Å². The van der Waals surface area contributed by atoms with Gasteiger partial charge in [0, 0.05) is 6.61 Å². The van der Waals surface area contributed by atoms with Gasteiger partial charge in [-0.25, -0.2) is 0 Å². The zero-order valence-corrected chi connectivity index (χ0v) is 6.80. The van der Waals surface area contributed by atoms with Gasteiger partial charge in [0.15, 0.2) is 0 Å². The van der Waals surface area contributed by atoms with Crippen LogP contribution < -0.4 is 0 Å². The second-order valence-corrected chi connectivity index (χ2v) is 2.30. The van der Waals surface area contributed by atoms with Crippen LogP contribution in [0.3, 0.4) is 0 Å². The van der Waals surface area contributed by atoms with Crippen molar-refractivity contribution in [3.63, 3.8) is 0 Å². The van der Waals surface area contributed by atoms with Gasteiger partial charge in [-0.3, -0.25) is 0 Å². The summed E-state index contributed by atoms with van der Waals surface area (Å²) in [5, 5.41) is 8.44. The van der Waals surface area contributed by atoms with E-state index in [0.29, 0.717) is 6.61 Å². The monoisotopic (exact) mass is 140 g/mol. The first-order valence-corrected chi connectivity index (χ1v) is 3.71. The summed E-state index contributed by atoms with van der Waals surface area (Å²) in [5.74, 6) is 0. The van der Waals surface area contributed by atoms with Gasteiger partial charge in [-0.2, -0.15) is 0 Å². The van der Waals surface area contributed by atoms with Crippen LogP contribution in [0.4, 0.5) is 0 Å². The average Bonchev–Trinajstić information content (AvgIpc) is 1.98. The number of hydrogen-bond donors (Lipinski definition) is 1. The summed E-state index contributed by atoms with van der Waals surface area (Å²) >= 11 is 0. The number of hydrogen-bond acceptors (Lipinski definition) is 1. The molecule has 0 amide bonds. The van der Waals surface area contributed by atoms with E-state index in [-0.39, 0.29) is 0 Å². The summed E-state index contributed by atoms with van der Waals surface area (Å²) in [6.07, 6.45) is 8.08. The molecule has 0 aliphatic rings. The summed E-state index contributed by atoms with van der Waals surface area (Å²) < 4.78 is 0. The topological polar surface area (TPSA) is 20.2 Å². The molecule has 58 valence electrons. The van der Waals surface area contributed by atoms with Crippen LogP contribution in [-0.4, -0.2) is 11.7 Å². The van der Waals surface area contributed by atoms with E-state index in [4.69, 9.17) is 5.11 Å². The van der Waals surface area contributed by atoms with Crippen LogP contribution in [-0.2, 0) is 0 Å². The van der Waals surface area contributed by atoms with Crippen molar-refractivity contribution in [2.24, 2.45) is 0 Å². The van der Waals surface area contributed by atoms with E-state index in [9.17, 15) is 0 Å². The van der Waals surface area contributed by atoms with Crippen LogP contribution in [0, 0.1) is 0 Å². The van der Waals surface area contributed by atoms with Crippen molar-refractivity contribution in [1.82, 2.24) is 0 Å². The Balaban J connectivity index is 3.37. The maximum absolute atomic E-state index is 8.44. The van der Waals surface area contributed by atoms with Gasteiger partial charge in [0.2, 0.25) is 0 Å². The summed E-state index contributed by atoms with van der Waals surface area (Å²) in [6, 6.07) is 0. The van der Waals surface area contributed by atoms with E-state index in [1.54, 1.807) is 0 Å². The van der Waals surface area contributed by atoms with Crippen molar-refractivity contribution in [3.05, 3.63) is 23.8 Å². The van der Waals surface area contributed by atoms with Crippen molar-refractivity contribution in [3.8, 4) is 0 Å². The van der Waals surface area contributed by atoms with Gasteiger partial charge in [0.05, 0.1) is 0 Å². The predicted molar refractivity (Wildman–Crippen MR) is 44.9 cm³/mol. The highest BCUT2D eigenvalue weighted by Gasteiger charge is 1.79. The summed E-state index contributed by atoms with van der Waals surface area (Å²) in [5.41, 5.74) is 1.28. The predicted octanol–water partition coefficient (Wildman–Crippen LogP) is 2.28. The van der Waals surface area contributed by atoms with Gasteiger partial charge >= 0.3 is 0 Å². The molecule has 0 bridgehead atoms. The molecule has 0 aromatic heterocycles. The molecule has 0 spiro atoms. The quantitative estimate of drug-likeness (QED) is 0.469. The van der Waals surface area contributed by atoms with Crippen molar-refractivity contribution < 1.29 is 5.11 Å². The molecule has 1 nitrogen and oxygen atoms in total. The lowest BCUT2D eigenvalue weighted by Gasteiger charge is -1.89. The van der Waals surface area contributed by atoms with Crippen molar-refractivity contribution in [2.45, 2.75) is 26.7 Å². The number of allylic oxidation sites excluding steroid dienone is 4. The third-order valence-electron chi connectivity index (χ3n) is 1.36. The van der Waals surface area contributed by atoms with Gasteiger partial charge in [0.25, 0.3) is 0 Å². The van der Waals surface area contributed by atoms with Gasteiger partial charge in [-0.15, -0.1) is 0 Å². The molecule has 0 aliphatic carbocycles. The SMILES string of the molecule is C/C=C(C)\C=C/CCCO. The number of rotatable bonds is 4. The zero-order chi connectivity index (χ0) is 7.82.